The second-order valence-corrected chi connectivity index (χ2v) is 8.86. The molecule has 13 heteroatoms. The second-order valence-electron chi connectivity index (χ2n) is 6.41. The van der Waals surface area contributed by atoms with Crippen LogP contribution in [0, 0.1) is 5.82 Å². The first kappa shape index (κ1) is 20.5. The number of fused-ring (bicyclic) bond motifs is 1. The van der Waals surface area contributed by atoms with Gasteiger partial charge in [-0.2, -0.15) is 13.2 Å². The summed E-state index contributed by atoms with van der Waals surface area (Å²) in [6, 6.07) is 5.66. The molecule has 3 aromatic rings. The fourth-order valence-electron chi connectivity index (χ4n) is 2.99. The normalized spacial score (nSPS) is 15.8. The van der Waals surface area contributed by atoms with E-state index in [1.807, 2.05) is 0 Å². The Balaban J connectivity index is 1.65. The van der Waals surface area contributed by atoms with E-state index in [9.17, 15) is 26.0 Å². The molecule has 3 heterocycles. The molecule has 4 rings (SSSR count). The van der Waals surface area contributed by atoms with Gasteiger partial charge in [0.25, 0.3) is 5.89 Å². The summed E-state index contributed by atoms with van der Waals surface area (Å²) in [4.78, 5) is 3.96. The first-order chi connectivity index (χ1) is 14.0. The molecule has 0 bridgehead atoms. The fourth-order valence-corrected chi connectivity index (χ4v) is 4.69. The number of rotatable bonds is 3. The van der Waals surface area contributed by atoms with E-state index in [1.54, 1.807) is 18.2 Å². The zero-order chi connectivity index (χ0) is 21.7. The molecule has 0 aliphatic carbocycles. The van der Waals surface area contributed by atoms with Crippen molar-refractivity contribution >= 4 is 27.3 Å². The van der Waals surface area contributed by atoms with Crippen LogP contribution in [0.1, 0.15) is 17.1 Å². The number of aryl methyl sites for hydroxylation is 1. The Kier molecular flexibility index (Phi) is 4.93. The van der Waals surface area contributed by atoms with E-state index < -0.39 is 39.4 Å². The molecule has 0 saturated carbocycles. The number of hydrogen-bond donors (Lipinski definition) is 0. The number of anilines is 1. The van der Waals surface area contributed by atoms with Crippen LogP contribution in [0.4, 0.5) is 23.2 Å². The van der Waals surface area contributed by atoms with Crippen molar-refractivity contribution in [2.75, 3.05) is 10.1 Å². The summed E-state index contributed by atoms with van der Waals surface area (Å²) in [5, 5.41) is 6.48. The highest BCUT2D eigenvalue weighted by atomic mass is 35.5. The average Bonchev–Trinajstić information content (AvgIpc) is 3.15. The average molecular weight is 463 g/mol. The van der Waals surface area contributed by atoms with Gasteiger partial charge in [-0.25, -0.2) is 12.8 Å². The van der Waals surface area contributed by atoms with E-state index >= 15 is 0 Å². The van der Waals surface area contributed by atoms with Crippen LogP contribution >= 0.6 is 11.6 Å². The zero-order valence-corrected chi connectivity index (χ0v) is 16.4. The van der Waals surface area contributed by atoms with Crippen LogP contribution in [0.3, 0.4) is 0 Å². The van der Waals surface area contributed by atoms with Crippen molar-refractivity contribution in [3.63, 3.8) is 0 Å². The van der Waals surface area contributed by atoms with Crippen LogP contribution in [0.25, 0.3) is 11.5 Å². The number of nitrogens with zero attached hydrogens (tertiary/aromatic N) is 4. The van der Waals surface area contributed by atoms with E-state index in [4.69, 9.17) is 11.6 Å². The van der Waals surface area contributed by atoms with Gasteiger partial charge in [-0.1, -0.05) is 11.6 Å². The summed E-state index contributed by atoms with van der Waals surface area (Å²) in [6.45, 7) is -0.272. The summed E-state index contributed by atoms with van der Waals surface area (Å²) >= 11 is 5.96. The van der Waals surface area contributed by atoms with Gasteiger partial charge in [0.05, 0.1) is 29.2 Å². The molecule has 7 nitrogen and oxygen atoms in total. The van der Waals surface area contributed by atoms with Gasteiger partial charge in [0, 0.05) is 11.2 Å². The fraction of sp³-hybridized carbons (Fsp3) is 0.235. The molecule has 2 aromatic heterocycles. The maximum absolute atomic E-state index is 14.5. The third-order valence-corrected chi connectivity index (χ3v) is 6.34. The molecule has 1 aliphatic rings. The minimum absolute atomic E-state index is 0.0400. The van der Waals surface area contributed by atoms with Gasteiger partial charge in [-0.3, -0.25) is 9.29 Å². The highest BCUT2D eigenvalue weighted by Crippen LogP contribution is 2.34. The zero-order valence-electron chi connectivity index (χ0n) is 14.8. The first-order valence-electron chi connectivity index (χ1n) is 8.39. The number of benzene rings is 1. The van der Waals surface area contributed by atoms with Crippen LogP contribution in [0.15, 0.2) is 34.9 Å². The quantitative estimate of drug-likeness (QED) is 0.549. The van der Waals surface area contributed by atoms with Crippen molar-refractivity contribution in [2.45, 2.75) is 19.1 Å². The van der Waals surface area contributed by atoms with Gasteiger partial charge in [-0.15, -0.1) is 10.2 Å². The highest BCUT2D eigenvalue weighted by molar-refractivity contribution is 7.92. The molecule has 0 spiro atoms. The lowest BCUT2D eigenvalue weighted by atomic mass is 10.1. The maximum Gasteiger partial charge on any atom is 0.470 e. The van der Waals surface area contributed by atoms with Crippen molar-refractivity contribution < 1.29 is 30.4 Å². The predicted octanol–water partition coefficient (Wildman–Crippen LogP) is 3.84. The van der Waals surface area contributed by atoms with Crippen molar-refractivity contribution in [1.29, 1.82) is 0 Å². The Morgan fingerprint density at radius 3 is 2.63 bits per heavy atom. The van der Waals surface area contributed by atoms with E-state index in [-0.39, 0.29) is 24.4 Å². The van der Waals surface area contributed by atoms with Gasteiger partial charge in [0.15, 0.2) is 0 Å². The lowest BCUT2D eigenvalue weighted by molar-refractivity contribution is -0.156. The van der Waals surface area contributed by atoms with Gasteiger partial charge in [-0.05, 0) is 36.2 Å². The molecule has 0 saturated heterocycles. The summed E-state index contributed by atoms with van der Waals surface area (Å²) in [5.74, 6) is -3.44. The number of alkyl halides is 3. The van der Waals surface area contributed by atoms with E-state index in [2.05, 4.69) is 19.6 Å². The molecular weight excluding hydrogens is 452 g/mol. The Labute approximate surface area is 172 Å². The number of hydrogen-bond acceptors (Lipinski definition) is 6. The van der Waals surface area contributed by atoms with Gasteiger partial charge in [0.2, 0.25) is 10.0 Å². The highest BCUT2D eigenvalue weighted by Gasteiger charge is 2.38. The molecule has 30 heavy (non-hydrogen) atoms. The van der Waals surface area contributed by atoms with Crippen LogP contribution in [-0.2, 0) is 29.2 Å². The maximum atomic E-state index is 14.5. The van der Waals surface area contributed by atoms with Crippen LogP contribution in [0.2, 0.25) is 5.02 Å². The van der Waals surface area contributed by atoms with Crippen molar-refractivity contribution in [1.82, 2.24) is 15.2 Å². The third-order valence-electron chi connectivity index (χ3n) is 4.39. The minimum atomic E-state index is -4.87. The molecule has 0 atom stereocenters. The third kappa shape index (κ3) is 3.84. The largest absolute Gasteiger partial charge is 0.470 e. The van der Waals surface area contributed by atoms with Crippen LogP contribution < -0.4 is 4.31 Å². The molecule has 158 valence electrons. The summed E-state index contributed by atoms with van der Waals surface area (Å²) < 4.78 is 82.9. The van der Waals surface area contributed by atoms with Gasteiger partial charge >= 0.3 is 12.1 Å². The molecule has 1 aliphatic heterocycles. The number of halogens is 5. The molecular formula is C17H11ClF4N4O3S. The molecule has 0 unspecified atom stereocenters. The number of pyridine rings is 1. The summed E-state index contributed by atoms with van der Waals surface area (Å²) in [7, 11) is -3.67. The van der Waals surface area contributed by atoms with Crippen LogP contribution in [0.5, 0.6) is 0 Å². The molecule has 0 amide bonds. The first-order valence-corrected chi connectivity index (χ1v) is 10.4. The monoisotopic (exact) mass is 462 g/mol. The summed E-state index contributed by atoms with van der Waals surface area (Å²) in [5.41, 5.74) is 0.734. The minimum Gasteiger partial charge on any atom is -0.413 e. The Bertz CT molecular complexity index is 1230. The van der Waals surface area contributed by atoms with E-state index in [0.29, 0.717) is 10.7 Å². The molecule has 1 aromatic carbocycles. The summed E-state index contributed by atoms with van der Waals surface area (Å²) in [6.07, 6.45) is -3.67. The number of aromatic nitrogens is 3. The molecule has 0 fully saturated rings. The van der Waals surface area contributed by atoms with Gasteiger partial charge < -0.3 is 4.42 Å². The van der Waals surface area contributed by atoms with Crippen molar-refractivity contribution in [3.05, 3.63) is 58.5 Å². The molecule has 0 N–H and O–H groups in total. The molecule has 0 radical (unpaired) electrons. The number of sulfonamides is 1. The van der Waals surface area contributed by atoms with E-state index in [0.717, 1.165) is 22.1 Å². The van der Waals surface area contributed by atoms with Crippen LogP contribution in [-0.4, -0.2) is 29.4 Å². The van der Waals surface area contributed by atoms with Crippen molar-refractivity contribution in [3.8, 4) is 11.5 Å². The van der Waals surface area contributed by atoms with E-state index in [1.165, 1.54) is 0 Å². The smallest absolute Gasteiger partial charge is 0.413 e. The topological polar surface area (TPSA) is 89.2 Å². The Hall–Kier alpha value is -2.73. The SMILES string of the molecule is O=S1(=O)CCc2cc(Cl)ccc2N1Cc1cc(F)c(-c2nnc(C(F)(F)F)o2)cn1. The van der Waals surface area contributed by atoms with Crippen molar-refractivity contribution in [2.24, 2.45) is 0 Å². The Morgan fingerprint density at radius 2 is 1.97 bits per heavy atom. The Morgan fingerprint density at radius 1 is 1.20 bits per heavy atom. The lowest BCUT2D eigenvalue weighted by Gasteiger charge is -2.30. The van der Waals surface area contributed by atoms with Gasteiger partial charge in [0.1, 0.15) is 5.82 Å². The lowest BCUT2D eigenvalue weighted by Crippen LogP contribution is -2.37. The standard InChI is InChI=1S/C17H11ClF4N4O3S/c18-10-1-2-14-9(5-10)3-4-30(27,28)26(14)8-11-6-13(19)12(7-23-11)15-24-25-16(29-15)17(20,21)22/h1-2,5-7H,3-4,8H2. The predicted molar refractivity (Wildman–Crippen MR) is 97.6 cm³/mol. The second kappa shape index (κ2) is 7.20.